The molecule has 0 N–H and O–H groups in total. The molecule has 0 saturated heterocycles. The first-order valence-electron chi connectivity index (χ1n) is 22.6. The smallest absolute Gasteiger partial charge is 0.135 e. The highest BCUT2D eigenvalue weighted by molar-refractivity contribution is 6.29. The zero-order chi connectivity index (χ0) is 45.1. The number of furan rings is 1. The Balaban J connectivity index is 0.000000391. The predicted molar refractivity (Wildman–Crippen MR) is 284 cm³/mol. The molecule has 316 valence electrons. The van der Waals surface area contributed by atoms with Crippen LogP contribution < -0.4 is 0 Å². The van der Waals surface area contributed by atoms with Crippen molar-refractivity contribution in [3.05, 3.63) is 230 Å². The molecule has 0 bridgehead atoms. The van der Waals surface area contributed by atoms with E-state index >= 15 is 0 Å². The average Bonchev–Trinajstić information content (AvgIpc) is 4.09. The molecular formula is C63H48N2O. The summed E-state index contributed by atoms with van der Waals surface area (Å²) < 4.78 is 11.0. The molecule has 9 aromatic carbocycles. The highest BCUT2D eigenvalue weighted by Crippen LogP contribution is 2.51. The molecule has 12 aromatic rings. The van der Waals surface area contributed by atoms with Crippen LogP contribution in [0.5, 0.6) is 0 Å². The Bertz CT molecular complexity index is 3890. The standard InChI is InChI=1S/C52H32N2O.C8H10.C3H6/c1-3-35-42-27-32(22-26-50(42)55-49(35)4-2)31-21-24-47-44(28-31)52-40-19-12-18-39-36-15-8-9-16-37(36)43(51(39)40)30-48(52)54(47)34-23-25-46-41(29-34)38-17-10-11-20-45(38)53(46)33-13-6-5-7-14-33;1-7-5-3-4-6-8(7)2;1-3-2/h3-30H,1-2H2;3-6H,1-2H3;3H,1H2,2H3. The SMILES string of the molecule is C=CC.C=Cc1oc2ccc(-c3ccc4c(c3)c3c5cccc6c5c(cc3n4-c3ccc4c(c3)c3ccccc3n4-c3ccccc3)-c3ccccc3-6)cc2c1C=C.Cc1ccccc1C. The molecule has 3 aromatic heterocycles. The van der Waals surface area contributed by atoms with Crippen LogP contribution in [-0.4, -0.2) is 9.13 Å². The van der Waals surface area contributed by atoms with E-state index in [0.29, 0.717) is 0 Å². The van der Waals surface area contributed by atoms with E-state index in [1.807, 2.05) is 13.0 Å². The van der Waals surface area contributed by atoms with Gasteiger partial charge in [-0.2, -0.15) is 0 Å². The summed E-state index contributed by atoms with van der Waals surface area (Å²) in [6.07, 6.45) is 5.37. The van der Waals surface area contributed by atoms with Gasteiger partial charge in [0.2, 0.25) is 0 Å². The van der Waals surface area contributed by atoms with Gasteiger partial charge in [0, 0.05) is 43.9 Å². The summed E-state index contributed by atoms with van der Waals surface area (Å²) in [5.41, 5.74) is 19.1. The fraction of sp³-hybridized carbons (Fsp3) is 0.0476. The Morgan fingerprint density at radius 3 is 1.71 bits per heavy atom. The number of aryl methyl sites for hydroxylation is 2. The molecule has 0 spiro atoms. The molecule has 3 heterocycles. The second kappa shape index (κ2) is 16.3. The van der Waals surface area contributed by atoms with Crippen molar-refractivity contribution in [1.82, 2.24) is 9.13 Å². The van der Waals surface area contributed by atoms with Crippen molar-refractivity contribution < 1.29 is 4.42 Å². The van der Waals surface area contributed by atoms with E-state index in [-0.39, 0.29) is 0 Å². The second-order valence-electron chi connectivity index (χ2n) is 17.0. The molecule has 13 rings (SSSR count). The van der Waals surface area contributed by atoms with Crippen LogP contribution in [0.2, 0.25) is 0 Å². The lowest BCUT2D eigenvalue weighted by Gasteiger charge is -2.11. The van der Waals surface area contributed by atoms with Gasteiger partial charge in [0.1, 0.15) is 11.3 Å². The quantitative estimate of drug-likeness (QED) is 0.158. The highest BCUT2D eigenvalue weighted by atomic mass is 16.3. The van der Waals surface area contributed by atoms with Crippen molar-refractivity contribution in [1.29, 1.82) is 0 Å². The van der Waals surface area contributed by atoms with E-state index in [9.17, 15) is 0 Å². The van der Waals surface area contributed by atoms with Crippen LogP contribution in [0.1, 0.15) is 29.4 Å². The van der Waals surface area contributed by atoms with Gasteiger partial charge in [-0.1, -0.05) is 141 Å². The number of para-hydroxylation sites is 2. The Labute approximate surface area is 385 Å². The van der Waals surface area contributed by atoms with Gasteiger partial charge in [-0.25, -0.2) is 0 Å². The van der Waals surface area contributed by atoms with Crippen molar-refractivity contribution in [2.75, 3.05) is 0 Å². The van der Waals surface area contributed by atoms with Crippen LogP contribution in [0.25, 0.3) is 122 Å². The number of aromatic nitrogens is 2. The fourth-order valence-corrected chi connectivity index (χ4v) is 10.1. The Hall–Kier alpha value is -8.40. The maximum atomic E-state index is 6.10. The van der Waals surface area contributed by atoms with E-state index in [1.54, 1.807) is 12.2 Å². The third kappa shape index (κ3) is 6.35. The summed E-state index contributed by atoms with van der Waals surface area (Å²) in [4.78, 5) is 0. The largest absolute Gasteiger partial charge is 0.456 e. The van der Waals surface area contributed by atoms with Crippen LogP contribution in [0, 0.1) is 13.8 Å². The fourth-order valence-electron chi connectivity index (χ4n) is 10.1. The summed E-state index contributed by atoms with van der Waals surface area (Å²) in [6.45, 7) is 17.5. The number of hydrogen-bond acceptors (Lipinski definition) is 1. The topological polar surface area (TPSA) is 23.0 Å². The number of allylic oxidation sites excluding steroid dienone is 1. The summed E-state index contributed by atoms with van der Waals surface area (Å²) in [7, 11) is 0. The van der Waals surface area contributed by atoms with Crippen molar-refractivity contribution in [3.8, 4) is 44.8 Å². The number of nitrogens with zero attached hydrogens (tertiary/aromatic N) is 2. The summed E-state index contributed by atoms with van der Waals surface area (Å²) >= 11 is 0. The Kier molecular flexibility index (Phi) is 9.97. The van der Waals surface area contributed by atoms with Gasteiger partial charge in [-0.3, -0.25) is 0 Å². The normalized spacial score (nSPS) is 11.4. The molecule has 1 aliphatic carbocycles. The van der Waals surface area contributed by atoms with Crippen LogP contribution in [0.4, 0.5) is 0 Å². The third-order valence-electron chi connectivity index (χ3n) is 13.2. The number of benzene rings is 9. The second-order valence-corrected chi connectivity index (χ2v) is 17.0. The summed E-state index contributed by atoms with van der Waals surface area (Å²) in [6, 6.07) is 66.2. The summed E-state index contributed by atoms with van der Waals surface area (Å²) in [5, 5.41) is 8.60. The van der Waals surface area contributed by atoms with Gasteiger partial charge in [-0.05, 0) is 149 Å². The van der Waals surface area contributed by atoms with E-state index in [1.165, 1.54) is 87.8 Å². The van der Waals surface area contributed by atoms with Gasteiger partial charge >= 0.3 is 0 Å². The first-order chi connectivity index (χ1) is 32.4. The lowest BCUT2D eigenvalue weighted by atomic mass is 9.96. The predicted octanol–water partition coefficient (Wildman–Crippen LogP) is 17.9. The van der Waals surface area contributed by atoms with Gasteiger partial charge in [0.25, 0.3) is 0 Å². The molecule has 0 atom stereocenters. The monoisotopic (exact) mass is 848 g/mol. The molecule has 66 heavy (non-hydrogen) atoms. The van der Waals surface area contributed by atoms with Crippen molar-refractivity contribution in [3.63, 3.8) is 0 Å². The van der Waals surface area contributed by atoms with Crippen LogP contribution >= 0.6 is 0 Å². The van der Waals surface area contributed by atoms with Gasteiger partial charge in [-0.15, -0.1) is 6.58 Å². The van der Waals surface area contributed by atoms with E-state index in [4.69, 9.17) is 4.42 Å². The lowest BCUT2D eigenvalue weighted by Crippen LogP contribution is -1.96. The third-order valence-corrected chi connectivity index (χ3v) is 13.2. The van der Waals surface area contributed by atoms with E-state index in [0.717, 1.165) is 44.8 Å². The molecule has 0 radical (unpaired) electrons. The van der Waals surface area contributed by atoms with E-state index < -0.39 is 0 Å². The molecular weight excluding hydrogens is 801 g/mol. The van der Waals surface area contributed by atoms with Crippen molar-refractivity contribution in [2.45, 2.75) is 20.8 Å². The van der Waals surface area contributed by atoms with Gasteiger partial charge in [0.15, 0.2) is 0 Å². The molecule has 0 fully saturated rings. The van der Waals surface area contributed by atoms with Crippen molar-refractivity contribution in [2.24, 2.45) is 0 Å². The molecule has 0 aliphatic heterocycles. The molecule has 3 heteroatoms. The number of fused-ring (bicyclic) bond motifs is 11. The Morgan fingerprint density at radius 2 is 0.985 bits per heavy atom. The van der Waals surface area contributed by atoms with Crippen LogP contribution in [0.15, 0.2) is 212 Å². The van der Waals surface area contributed by atoms with Crippen molar-refractivity contribution >= 4 is 77.5 Å². The molecule has 0 saturated carbocycles. The molecule has 0 unspecified atom stereocenters. The average molecular weight is 849 g/mol. The lowest BCUT2D eigenvalue weighted by molar-refractivity contribution is 0.603. The minimum Gasteiger partial charge on any atom is -0.456 e. The van der Waals surface area contributed by atoms with E-state index in [2.05, 4.69) is 225 Å². The first kappa shape index (κ1) is 40.4. The zero-order valence-corrected chi connectivity index (χ0v) is 37.5. The van der Waals surface area contributed by atoms with Crippen LogP contribution in [-0.2, 0) is 0 Å². The molecule has 1 aliphatic rings. The van der Waals surface area contributed by atoms with Gasteiger partial charge in [0.05, 0.1) is 22.1 Å². The highest BCUT2D eigenvalue weighted by Gasteiger charge is 2.26. The van der Waals surface area contributed by atoms with Gasteiger partial charge < -0.3 is 13.6 Å². The molecule has 0 amide bonds. The van der Waals surface area contributed by atoms with Crippen LogP contribution in [0.3, 0.4) is 0 Å². The zero-order valence-electron chi connectivity index (χ0n) is 37.5. The number of hydrogen-bond donors (Lipinski definition) is 0. The minimum atomic E-state index is 0.745. The number of rotatable bonds is 5. The Morgan fingerprint density at radius 1 is 0.409 bits per heavy atom. The molecule has 3 nitrogen and oxygen atoms in total. The maximum Gasteiger partial charge on any atom is 0.135 e. The first-order valence-corrected chi connectivity index (χ1v) is 22.6. The minimum absolute atomic E-state index is 0.745. The summed E-state index contributed by atoms with van der Waals surface area (Å²) in [5.74, 6) is 0.745. The maximum absolute atomic E-state index is 6.10.